The van der Waals surface area contributed by atoms with E-state index in [-0.39, 0.29) is 23.8 Å². The fourth-order valence-electron chi connectivity index (χ4n) is 3.49. The van der Waals surface area contributed by atoms with Gasteiger partial charge in [-0.05, 0) is 37.6 Å². The van der Waals surface area contributed by atoms with E-state index in [4.69, 9.17) is 4.74 Å². The molecule has 1 atom stereocenters. The lowest BCUT2D eigenvalue weighted by Gasteiger charge is -2.39. The summed E-state index contributed by atoms with van der Waals surface area (Å²) in [5.74, 6) is 0.0785. The second-order valence-corrected chi connectivity index (χ2v) is 9.79. The summed E-state index contributed by atoms with van der Waals surface area (Å²) in [6, 6.07) is 3.59. The van der Waals surface area contributed by atoms with Gasteiger partial charge in [-0.2, -0.15) is 0 Å². The molecule has 8 nitrogen and oxygen atoms in total. The van der Waals surface area contributed by atoms with E-state index in [0.29, 0.717) is 36.1 Å². The Labute approximate surface area is 195 Å². The minimum absolute atomic E-state index is 0.104. The van der Waals surface area contributed by atoms with Crippen LogP contribution in [0.1, 0.15) is 29.8 Å². The quantitative estimate of drug-likeness (QED) is 0.645. The third kappa shape index (κ3) is 5.31. The standard InChI is InChI=1S/C22H26N4O4S2/c1-6-19(28)26-8-7-25(12-14(26)3)21(29)16-10-18(13(2)9-17(16)30-5)31-20-11-23-22(32-20)24-15(4)27/h6,9-11,14H,1,7-8,12H2,2-5H3,(H,23,24,27). The Morgan fingerprint density at radius 3 is 2.72 bits per heavy atom. The molecular weight excluding hydrogens is 448 g/mol. The molecule has 1 aliphatic heterocycles. The molecule has 1 aliphatic rings. The van der Waals surface area contributed by atoms with Gasteiger partial charge in [-0.1, -0.05) is 29.7 Å². The van der Waals surface area contributed by atoms with Crippen LogP contribution in [0.25, 0.3) is 0 Å². The number of benzene rings is 1. The number of carbonyl (C=O) groups is 3. The van der Waals surface area contributed by atoms with Gasteiger partial charge < -0.3 is 19.9 Å². The summed E-state index contributed by atoms with van der Waals surface area (Å²) < 4.78 is 6.40. The van der Waals surface area contributed by atoms with Gasteiger partial charge in [-0.25, -0.2) is 4.98 Å². The number of nitrogens with one attached hydrogen (secondary N) is 1. The van der Waals surface area contributed by atoms with Crippen molar-refractivity contribution in [3.05, 3.63) is 42.1 Å². The van der Waals surface area contributed by atoms with Crippen LogP contribution >= 0.6 is 23.1 Å². The molecule has 170 valence electrons. The van der Waals surface area contributed by atoms with Crippen molar-refractivity contribution in [2.45, 2.75) is 35.9 Å². The molecule has 1 aromatic carbocycles. The SMILES string of the molecule is C=CC(=O)N1CCN(C(=O)c2cc(Sc3cnc(NC(C)=O)s3)c(C)cc2OC)CC1C. The van der Waals surface area contributed by atoms with Crippen molar-refractivity contribution >= 4 is 46.0 Å². The zero-order chi connectivity index (χ0) is 23.4. The van der Waals surface area contributed by atoms with E-state index in [1.165, 1.54) is 36.1 Å². The number of carbonyl (C=O) groups excluding carboxylic acids is 3. The van der Waals surface area contributed by atoms with Crippen LogP contribution in [0.4, 0.5) is 5.13 Å². The Bertz CT molecular complexity index is 1050. The molecule has 0 radical (unpaired) electrons. The van der Waals surface area contributed by atoms with Crippen LogP contribution in [0.3, 0.4) is 0 Å². The Morgan fingerprint density at radius 2 is 2.09 bits per heavy atom. The molecule has 0 aliphatic carbocycles. The number of anilines is 1. The summed E-state index contributed by atoms with van der Waals surface area (Å²) >= 11 is 2.85. The lowest BCUT2D eigenvalue weighted by atomic mass is 10.1. The van der Waals surface area contributed by atoms with Crippen LogP contribution in [-0.2, 0) is 9.59 Å². The number of rotatable bonds is 6. The van der Waals surface area contributed by atoms with Gasteiger partial charge in [0, 0.05) is 37.5 Å². The molecule has 2 heterocycles. The molecule has 0 saturated carbocycles. The number of piperazine rings is 1. The summed E-state index contributed by atoms with van der Waals surface area (Å²) in [5.41, 5.74) is 1.44. The predicted octanol–water partition coefficient (Wildman–Crippen LogP) is 3.43. The van der Waals surface area contributed by atoms with Gasteiger partial charge in [0.25, 0.3) is 5.91 Å². The number of hydrogen-bond acceptors (Lipinski definition) is 7. The van der Waals surface area contributed by atoms with E-state index in [9.17, 15) is 14.4 Å². The molecule has 3 rings (SSSR count). The first-order chi connectivity index (χ1) is 15.2. The van der Waals surface area contributed by atoms with Crippen molar-refractivity contribution < 1.29 is 19.1 Å². The van der Waals surface area contributed by atoms with E-state index in [0.717, 1.165) is 14.7 Å². The van der Waals surface area contributed by atoms with Crippen LogP contribution in [0, 0.1) is 6.92 Å². The second kappa shape index (κ2) is 10.2. The van der Waals surface area contributed by atoms with Crippen molar-refractivity contribution in [2.24, 2.45) is 0 Å². The van der Waals surface area contributed by atoms with Gasteiger partial charge in [-0.3, -0.25) is 14.4 Å². The highest BCUT2D eigenvalue weighted by atomic mass is 32.2. The summed E-state index contributed by atoms with van der Waals surface area (Å²) in [6.07, 6.45) is 3.00. The highest BCUT2D eigenvalue weighted by Crippen LogP contribution is 2.38. The van der Waals surface area contributed by atoms with Gasteiger partial charge in [0.05, 0.1) is 23.1 Å². The maximum atomic E-state index is 13.4. The van der Waals surface area contributed by atoms with Crippen LogP contribution in [-0.4, -0.2) is 65.3 Å². The molecule has 1 N–H and O–H groups in total. The average molecular weight is 475 g/mol. The van der Waals surface area contributed by atoms with Crippen molar-refractivity contribution in [1.29, 1.82) is 0 Å². The fraction of sp³-hybridized carbons (Fsp3) is 0.364. The van der Waals surface area contributed by atoms with Gasteiger partial charge >= 0.3 is 0 Å². The van der Waals surface area contributed by atoms with E-state index in [2.05, 4.69) is 16.9 Å². The molecular formula is C22H26N4O4S2. The number of hydrogen-bond donors (Lipinski definition) is 1. The number of thiazole rings is 1. The number of ether oxygens (including phenoxy) is 1. The maximum absolute atomic E-state index is 13.4. The molecule has 10 heteroatoms. The lowest BCUT2D eigenvalue weighted by molar-refractivity contribution is -0.129. The predicted molar refractivity (Wildman–Crippen MR) is 126 cm³/mol. The number of nitrogens with zero attached hydrogens (tertiary/aromatic N) is 3. The largest absolute Gasteiger partial charge is 0.496 e. The Hall–Kier alpha value is -2.85. The van der Waals surface area contributed by atoms with Gasteiger partial charge in [-0.15, -0.1) is 0 Å². The molecule has 1 fully saturated rings. The first-order valence-corrected chi connectivity index (χ1v) is 11.7. The van der Waals surface area contributed by atoms with Crippen LogP contribution in [0.5, 0.6) is 5.75 Å². The highest BCUT2D eigenvalue weighted by molar-refractivity contribution is 8.01. The fourth-order valence-corrected chi connectivity index (χ4v) is 5.48. The molecule has 3 amide bonds. The van der Waals surface area contributed by atoms with Gasteiger partial charge in [0.15, 0.2) is 5.13 Å². The first-order valence-electron chi connectivity index (χ1n) is 10.1. The number of aromatic nitrogens is 1. The zero-order valence-corrected chi connectivity index (χ0v) is 20.1. The minimum atomic E-state index is -0.173. The van der Waals surface area contributed by atoms with E-state index in [1.807, 2.05) is 26.0 Å². The number of methoxy groups -OCH3 is 1. The second-order valence-electron chi connectivity index (χ2n) is 7.42. The minimum Gasteiger partial charge on any atom is -0.496 e. The van der Waals surface area contributed by atoms with E-state index >= 15 is 0 Å². The topological polar surface area (TPSA) is 91.8 Å². The average Bonchev–Trinajstić information content (AvgIpc) is 3.19. The third-order valence-corrected chi connectivity index (χ3v) is 7.25. The van der Waals surface area contributed by atoms with Crippen molar-refractivity contribution in [2.75, 3.05) is 32.1 Å². The molecule has 1 saturated heterocycles. The van der Waals surface area contributed by atoms with Gasteiger partial charge in [0.2, 0.25) is 11.8 Å². The molecule has 1 unspecified atom stereocenters. The smallest absolute Gasteiger partial charge is 0.257 e. The van der Waals surface area contributed by atoms with Crippen molar-refractivity contribution in [1.82, 2.24) is 14.8 Å². The summed E-state index contributed by atoms with van der Waals surface area (Å²) in [6.45, 7) is 10.2. The number of aryl methyl sites for hydroxylation is 1. The van der Waals surface area contributed by atoms with Crippen LogP contribution in [0.15, 0.2) is 40.1 Å². The van der Waals surface area contributed by atoms with Crippen molar-refractivity contribution in [3.8, 4) is 5.75 Å². The molecule has 2 aromatic rings. The Balaban J connectivity index is 1.82. The molecule has 0 spiro atoms. The van der Waals surface area contributed by atoms with Gasteiger partial charge in [0.1, 0.15) is 5.75 Å². The van der Waals surface area contributed by atoms with Crippen molar-refractivity contribution in [3.63, 3.8) is 0 Å². The van der Waals surface area contributed by atoms with E-state index < -0.39 is 0 Å². The van der Waals surface area contributed by atoms with Crippen LogP contribution < -0.4 is 10.1 Å². The monoisotopic (exact) mass is 474 g/mol. The Morgan fingerprint density at radius 1 is 1.34 bits per heavy atom. The normalized spacial score (nSPS) is 15.9. The summed E-state index contributed by atoms with van der Waals surface area (Å²) in [4.78, 5) is 45.2. The zero-order valence-electron chi connectivity index (χ0n) is 18.5. The lowest BCUT2D eigenvalue weighted by Crippen LogP contribution is -2.55. The summed E-state index contributed by atoms with van der Waals surface area (Å²) in [5, 5.41) is 3.21. The molecule has 32 heavy (non-hydrogen) atoms. The first kappa shape index (κ1) is 23.8. The third-order valence-electron chi connectivity index (χ3n) is 5.08. The number of amides is 3. The van der Waals surface area contributed by atoms with Crippen LogP contribution in [0.2, 0.25) is 0 Å². The Kier molecular flexibility index (Phi) is 7.57. The highest BCUT2D eigenvalue weighted by Gasteiger charge is 2.30. The van der Waals surface area contributed by atoms with E-state index in [1.54, 1.807) is 23.1 Å². The molecule has 0 bridgehead atoms. The summed E-state index contributed by atoms with van der Waals surface area (Å²) in [7, 11) is 1.55. The molecule has 1 aromatic heterocycles. The maximum Gasteiger partial charge on any atom is 0.257 e.